The van der Waals surface area contributed by atoms with Crippen LogP contribution in [-0.2, 0) is 17.4 Å². The predicted molar refractivity (Wildman–Crippen MR) is 166 cm³/mol. The van der Waals surface area contributed by atoms with Crippen LogP contribution in [0.25, 0.3) is 22.2 Å². The number of hydrogen-bond donors (Lipinski definition) is 1. The summed E-state index contributed by atoms with van der Waals surface area (Å²) in [6.07, 6.45) is 0.696. The summed E-state index contributed by atoms with van der Waals surface area (Å²) in [4.78, 5) is 26.6. The first-order valence-electron chi connectivity index (χ1n) is 15.3. The number of rotatable bonds is 11. The van der Waals surface area contributed by atoms with Gasteiger partial charge in [-0.15, -0.1) is 0 Å². The third-order valence-corrected chi connectivity index (χ3v) is 8.36. The zero-order valence-corrected chi connectivity index (χ0v) is 25.1. The van der Waals surface area contributed by atoms with Crippen molar-refractivity contribution in [2.75, 3.05) is 51.8 Å². The lowest BCUT2D eigenvalue weighted by Crippen LogP contribution is -2.47. The molecule has 0 unspecified atom stereocenters. The molecular weight excluding hydrogens is 583 g/mol. The van der Waals surface area contributed by atoms with Gasteiger partial charge in [-0.05, 0) is 55.2 Å². The maximum absolute atomic E-state index is 12.8. The van der Waals surface area contributed by atoms with E-state index in [-0.39, 0.29) is 12.3 Å². The molecule has 1 aromatic heterocycles. The molecule has 11 heteroatoms. The van der Waals surface area contributed by atoms with Gasteiger partial charge in [-0.3, -0.25) is 9.69 Å². The molecule has 0 atom stereocenters. The zero-order valence-electron chi connectivity index (χ0n) is 25.1. The smallest absolute Gasteiger partial charge is 0.416 e. The van der Waals surface area contributed by atoms with Crippen molar-refractivity contribution in [3.8, 4) is 22.8 Å². The molecule has 0 radical (unpaired) electrons. The Morgan fingerprint density at radius 2 is 1.69 bits per heavy atom. The zero-order chi connectivity index (χ0) is 31.4. The molecule has 1 amide bonds. The summed E-state index contributed by atoms with van der Waals surface area (Å²) in [5.74, 6) is 0.909. The van der Waals surface area contributed by atoms with E-state index in [9.17, 15) is 18.0 Å². The standard InChI is InChI=1S/C34H36F3N5O3/c1-44-30-20-28-29(21-31(30)45-18-2-13-41-14-16-42(17-15-41)27-11-12-27)38-22-39-33(28)24-5-9-26(10-6-24)40-32(43)19-23-3-7-25(8-4-23)34(35,36)37/h3-10,20-22,27H,2,11-19H2,1H3,(H,40,43). The Labute approximate surface area is 260 Å². The van der Waals surface area contributed by atoms with Crippen LogP contribution in [0.3, 0.4) is 0 Å². The predicted octanol–water partition coefficient (Wildman–Crippen LogP) is 6.05. The first-order valence-corrected chi connectivity index (χ1v) is 15.3. The summed E-state index contributed by atoms with van der Waals surface area (Å²) in [6, 6.07) is 16.4. The second-order valence-electron chi connectivity index (χ2n) is 11.6. The van der Waals surface area contributed by atoms with E-state index < -0.39 is 11.7 Å². The highest BCUT2D eigenvalue weighted by atomic mass is 19.4. The maximum Gasteiger partial charge on any atom is 0.416 e. The molecule has 0 spiro atoms. The summed E-state index contributed by atoms with van der Waals surface area (Å²) in [5, 5.41) is 3.60. The molecular formula is C34H36F3N5O3. The fourth-order valence-corrected chi connectivity index (χ4v) is 5.74. The molecule has 2 fully saturated rings. The average Bonchev–Trinajstić information content (AvgIpc) is 3.89. The summed E-state index contributed by atoms with van der Waals surface area (Å²) in [5.41, 5.74) is 2.56. The highest BCUT2D eigenvalue weighted by Gasteiger charge is 2.31. The van der Waals surface area contributed by atoms with Crippen molar-refractivity contribution in [2.45, 2.75) is 37.9 Å². The number of hydrogen-bond acceptors (Lipinski definition) is 7. The molecule has 6 rings (SSSR count). The first-order chi connectivity index (χ1) is 21.8. The number of nitrogens with zero attached hydrogens (tertiary/aromatic N) is 4. The van der Waals surface area contributed by atoms with E-state index in [1.54, 1.807) is 19.2 Å². The molecule has 2 aliphatic rings. The van der Waals surface area contributed by atoms with Crippen molar-refractivity contribution in [2.24, 2.45) is 0 Å². The minimum Gasteiger partial charge on any atom is -0.493 e. The first kappa shape index (κ1) is 30.8. The van der Waals surface area contributed by atoms with Gasteiger partial charge in [-0.25, -0.2) is 9.97 Å². The highest BCUT2D eigenvalue weighted by molar-refractivity contribution is 5.95. The number of carbonyl (C=O) groups is 1. The average molecular weight is 620 g/mol. The van der Waals surface area contributed by atoms with Gasteiger partial charge in [0.05, 0.1) is 36.9 Å². The van der Waals surface area contributed by atoms with Gasteiger partial charge in [0.2, 0.25) is 5.91 Å². The molecule has 8 nitrogen and oxygen atoms in total. The molecule has 1 saturated carbocycles. The molecule has 3 aromatic carbocycles. The molecule has 4 aromatic rings. The third-order valence-electron chi connectivity index (χ3n) is 8.36. The molecule has 1 aliphatic heterocycles. The number of carbonyl (C=O) groups excluding carboxylic acids is 1. The number of halogens is 3. The van der Waals surface area contributed by atoms with Gasteiger partial charge < -0.3 is 19.7 Å². The Morgan fingerprint density at radius 1 is 0.956 bits per heavy atom. The van der Waals surface area contributed by atoms with Gasteiger partial charge in [0, 0.05) is 61.5 Å². The summed E-state index contributed by atoms with van der Waals surface area (Å²) >= 11 is 0. The van der Waals surface area contributed by atoms with E-state index in [0.717, 1.165) is 73.8 Å². The van der Waals surface area contributed by atoms with Crippen molar-refractivity contribution in [1.82, 2.24) is 19.8 Å². The van der Waals surface area contributed by atoms with E-state index >= 15 is 0 Å². The van der Waals surface area contributed by atoms with Crippen LogP contribution in [0.1, 0.15) is 30.4 Å². The third kappa shape index (κ3) is 7.72. The number of alkyl halides is 3. The largest absolute Gasteiger partial charge is 0.493 e. The Kier molecular flexibility index (Phi) is 9.18. The lowest BCUT2D eigenvalue weighted by Gasteiger charge is -2.34. The molecule has 45 heavy (non-hydrogen) atoms. The van der Waals surface area contributed by atoms with Crippen LogP contribution < -0.4 is 14.8 Å². The minimum absolute atomic E-state index is 0.0436. The Balaban J connectivity index is 1.06. The molecule has 1 N–H and O–H groups in total. The van der Waals surface area contributed by atoms with Crippen molar-refractivity contribution in [1.29, 1.82) is 0 Å². The van der Waals surface area contributed by atoms with Gasteiger partial charge in [0.15, 0.2) is 11.5 Å². The van der Waals surface area contributed by atoms with Gasteiger partial charge in [-0.1, -0.05) is 24.3 Å². The second-order valence-corrected chi connectivity index (χ2v) is 11.6. The van der Waals surface area contributed by atoms with Gasteiger partial charge in [0.25, 0.3) is 0 Å². The van der Waals surface area contributed by atoms with Crippen LogP contribution in [-0.4, -0.2) is 78.2 Å². The van der Waals surface area contributed by atoms with Crippen LogP contribution in [0, 0.1) is 0 Å². The van der Waals surface area contributed by atoms with Crippen LogP contribution in [0.4, 0.5) is 18.9 Å². The number of aromatic nitrogens is 2. The fourth-order valence-electron chi connectivity index (χ4n) is 5.74. The minimum atomic E-state index is -4.41. The van der Waals surface area contributed by atoms with Crippen LogP contribution in [0.5, 0.6) is 11.5 Å². The summed E-state index contributed by atoms with van der Waals surface area (Å²) in [7, 11) is 1.61. The Morgan fingerprint density at radius 3 is 2.36 bits per heavy atom. The number of methoxy groups -OCH3 is 1. The van der Waals surface area contributed by atoms with Crippen molar-refractivity contribution < 1.29 is 27.4 Å². The van der Waals surface area contributed by atoms with E-state index in [2.05, 4.69) is 25.1 Å². The van der Waals surface area contributed by atoms with Crippen molar-refractivity contribution in [3.05, 3.63) is 78.1 Å². The Hall–Kier alpha value is -4.22. The monoisotopic (exact) mass is 619 g/mol. The number of piperazine rings is 1. The van der Waals surface area contributed by atoms with Crippen LogP contribution >= 0.6 is 0 Å². The lowest BCUT2D eigenvalue weighted by molar-refractivity contribution is -0.137. The second kappa shape index (κ2) is 13.4. The Bertz CT molecular complexity index is 1620. The SMILES string of the molecule is COc1cc2c(-c3ccc(NC(=O)Cc4ccc(C(F)(F)F)cc4)cc3)ncnc2cc1OCCCN1CCN(C2CC2)CC1. The molecule has 0 bridgehead atoms. The van der Waals surface area contributed by atoms with Crippen LogP contribution in [0.2, 0.25) is 0 Å². The van der Waals surface area contributed by atoms with Crippen LogP contribution in [0.15, 0.2) is 67.0 Å². The highest BCUT2D eigenvalue weighted by Crippen LogP contribution is 2.36. The van der Waals surface area contributed by atoms with Gasteiger partial charge in [0.1, 0.15) is 6.33 Å². The molecule has 2 heterocycles. The normalized spacial score (nSPS) is 16.1. The van der Waals surface area contributed by atoms with Crippen molar-refractivity contribution in [3.63, 3.8) is 0 Å². The van der Waals surface area contributed by atoms with E-state index in [4.69, 9.17) is 9.47 Å². The molecule has 1 aliphatic carbocycles. The number of ether oxygens (including phenoxy) is 2. The summed E-state index contributed by atoms with van der Waals surface area (Å²) < 4.78 is 50.2. The van der Waals surface area contributed by atoms with Crippen molar-refractivity contribution >= 4 is 22.5 Å². The number of nitrogens with one attached hydrogen (secondary N) is 1. The number of benzene rings is 3. The fraction of sp³-hybridized carbons (Fsp3) is 0.382. The molecule has 1 saturated heterocycles. The maximum atomic E-state index is 12.8. The lowest BCUT2D eigenvalue weighted by atomic mass is 10.1. The number of fused-ring (bicyclic) bond motifs is 1. The summed E-state index contributed by atoms with van der Waals surface area (Å²) in [6.45, 7) is 6.14. The quantitative estimate of drug-likeness (QED) is 0.205. The van der Waals surface area contributed by atoms with E-state index in [1.807, 2.05) is 24.3 Å². The van der Waals surface area contributed by atoms with E-state index in [1.165, 1.54) is 31.3 Å². The number of amides is 1. The van der Waals surface area contributed by atoms with E-state index in [0.29, 0.717) is 35.1 Å². The van der Waals surface area contributed by atoms with Gasteiger partial charge in [-0.2, -0.15) is 13.2 Å². The topological polar surface area (TPSA) is 79.8 Å². The number of anilines is 1. The molecule has 236 valence electrons. The van der Waals surface area contributed by atoms with Gasteiger partial charge >= 0.3 is 6.18 Å².